The Morgan fingerprint density at radius 3 is 2.47 bits per heavy atom. The van der Waals surface area contributed by atoms with Crippen molar-refractivity contribution in [1.29, 1.82) is 5.41 Å². The summed E-state index contributed by atoms with van der Waals surface area (Å²) < 4.78 is 10.8. The summed E-state index contributed by atoms with van der Waals surface area (Å²) in [6, 6.07) is 21.6. The lowest BCUT2D eigenvalue weighted by molar-refractivity contribution is -0.122. The number of ether oxygens (including phenoxy) is 2. The van der Waals surface area contributed by atoms with Gasteiger partial charge in [0.05, 0.1) is 0 Å². The van der Waals surface area contributed by atoms with Gasteiger partial charge in [0.25, 0.3) is 0 Å². The van der Waals surface area contributed by atoms with Crippen molar-refractivity contribution in [1.82, 2.24) is 5.32 Å². The number of rotatable bonds is 7. The van der Waals surface area contributed by atoms with Crippen molar-refractivity contribution in [3.63, 3.8) is 0 Å². The number of nitrogens with one attached hydrogen (secondary N) is 3. The molecular weight excluding hydrogens is 380 g/mol. The van der Waals surface area contributed by atoms with E-state index in [-0.39, 0.29) is 18.5 Å². The highest BCUT2D eigenvalue weighted by Crippen LogP contribution is 2.35. The zero-order valence-corrected chi connectivity index (χ0v) is 16.2. The first-order valence-corrected chi connectivity index (χ1v) is 9.52. The van der Waals surface area contributed by atoms with E-state index < -0.39 is 6.04 Å². The minimum atomic E-state index is -0.647. The molecule has 0 bridgehead atoms. The van der Waals surface area contributed by atoms with E-state index in [1.54, 1.807) is 30.3 Å². The molecule has 7 nitrogen and oxygen atoms in total. The normalized spacial score (nSPS) is 12.8. The third-order valence-corrected chi connectivity index (χ3v) is 4.81. The molecule has 1 aliphatic heterocycles. The van der Waals surface area contributed by atoms with Crippen LogP contribution in [0.3, 0.4) is 0 Å². The van der Waals surface area contributed by atoms with Crippen molar-refractivity contribution >= 4 is 17.4 Å². The van der Waals surface area contributed by atoms with Gasteiger partial charge in [0.15, 0.2) is 11.5 Å². The van der Waals surface area contributed by atoms with Crippen molar-refractivity contribution in [2.45, 2.75) is 12.6 Å². The van der Waals surface area contributed by atoms with Gasteiger partial charge in [-0.3, -0.25) is 10.2 Å². The number of benzene rings is 3. The van der Waals surface area contributed by atoms with Gasteiger partial charge in [0, 0.05) is 17.8 Å². The van der Waals surface area contributed by atoms with Crippen LogP contribution in [0.25, 0.3) is 0 Å². The van der Waals surface area contributed by atoms with Crippen molar-refractivity contribution in [2.24, 2.45) is 5.73 Å². The number of carbonyl (C=O) groups is 1. The molecule has 0 radical (unpaired) electrons. The van der Waals surface area contributed by atoms with E-state index in [4.69, 9.17) is 20.6 Å². The highest BCUT2D eigenvalue weighted by molar-refractivity contribution is 5.95. The second-order valence-electron chi connectivity index (χ2n) is 6.88. The van der Waals surface area contributed by atoms with E-state index in [0.717, 1.165) is 16.8 Å². The van der Waals surface area contributed by atoms with Gasteiger partial charge in [0.1, 0.15) is 11.9 Å². The maximum Gasteiger partial charge on any atom is 0.247 e. The zero-order chi connectivity index (χ0) is 20.9. The van der Waals surface area contributed by atoms with Gasteiger partial charge in [0.2, 0.25) is 12.7 Å². The summed E-state index contributed by atoms with van der Waals surface area (Å²) in [7, 11) is 0. The molecule has 4 rings (SSSR count). The molecule has 30 heavy (non-hydrogen) atoms. The van der Waals surface area contributed by atoms with Crippen LogP contribution < -0.4 is 25.8 Å². The van der Waals surface area contributed by atoms with Crippen LogP contribution >= 0.6 is 0 Å². The average Bonchev–Trinajstić information content (AvgIpc) is 3.25. The molecule has 0 saturated carbocycles. The minimum Gasteiger partial charge on any atom is -0.454 e. The molecule has 1 amide bonds. The van der Waals surface area contributed by atoms with E-state index >= 15 is 0 Å². The SMILES string of the molecule is N=C(N)c1ccc(N[C@@H](C(=O)NCc2ccccc2)c2ccc3c(c2)OCO3)cc1. The number of fused-ring (bicyclic) bond motifs is 1. The van der Waals surface area contributed by atoms with Gasteiger partial charge in [-0.1, -0.05) is 36.4 Å². The predicted molar refractivity (Wildman–Crippen MR) is 115 cm³/mol. The summed E-state index contributed by atoms with van der Waals surface area (Å²) in [6.45, 7) is 0.593. The smallest absolute Gasteiger partial charge is 0.247 e. The molecule has 3 aromatic rings. The molecule has 0 fully saturated rings. The Balaban J connectivity index is 1.57. The molecule has 1 atom stereocenters. The Kier molecular flexibility index (Phi) is 5.52. The molecule has 0 aromatic heterocycles. The molecule has 0 spiro atoms. The average molecular weight is 402 g/mol. The number of amidine groups is 1. The minimum absolute atomic E-state index is 0.00512. The Morgan fingerprint density at radius 1 is 1.00 bits per heavy atom. The fourth-order valence-electron chi connectivity index (χ4n) is 3.19. The molecule has 0 saturated heterocycles. The molecule has 152 valence electrons. The Hall–Kier alpha value is -4.00. The summed E-state index contributed by atoms with van der Waals surface area (Å²) >= 11 is 0. The lowest BCUT2D eigenvalue weighted by Gasteiger charge is -2.20. The number of anilines is 1. The van der Waals surface area contributed by atoms with Crippen LogP contribution in [0.1, 0.15) is 22.7 Å². The summed E-state index contributed by atoms with van der Waals surface area (Å²) in [6.07, 6.45) is 0. The van der Waals surface area contributed by atoms with E-state index in [2.05, 4.69) is 10.6 Å². The first kappa shape index (κ1) is 19.3. The predicted octanol–water partition coefficient (Wildman–Crippen LogP) is 3.17. The van der Waals surface area contributed by atoms with Crippen LogP contribution in [0, 0.1) is 5.41 Å². The number of hydrogen-bond acceptors (Lipinski definition) is 5. The first-order valence-electron chi connectivity index (χ1n) is 9.52. The molecule has 1 aliphatic rings. The molecule has 1 heterocycles. The third kappa shape index (κ3) is 4.35. The second-order valence-corrected chi connectivity index (χ2v) is 6.88. The van der Waals surface area contributed by atoms with Crippen molar-refractivity contribution in [3.8, 4) is 11.5 Å². The lowest BCUT2D eigenvalue weighted by atomic mass is 10.0. The summed E-state index contributed by atoms with van der Waals surface area (Å²) in [4.78, 5) is 13.1. The summed E-state index contributed by atoms with van der Waals surface area (Å²) in [5.41, 5.74) is 8.64. The summed E-state index contributed by atoms with van der Waals surface area (Å²) in [5.74, 6) is 1.10. The van der Waals surface area contributed by atoms with Gasteiger partial charge in [-0.25, -0.2) is 0 Å². The van der Waals surface area contributed by atoms with Crippen LogP contribution in [-0.4, -0.2) is 18.5 Å². The molecule has 3 aromatic carbocycles. The van der Waals surface area contributed by atoms with Gasteiger partial charge in [-0.05, 0) is 47.5 Å². The Bertz CT molecular complexity index is 1050. The quantitative estimate of drug-likeness (QED) is 0.358. The maximum atomic E-state index is 13.1. The van der Waals surface area contributed by atoms with Gasteiger partial charge >= 0.3 is 0 Å². The zero-order valence-electron chi connectivity index (χ0n) is 16.2. The van der Waals surface area contributed by atoms with Gasteiger partial charge in [-0.2, -0.15) is 0 Å². The number of amides is 1. The summed E-state index contributed by atoms with van der Waals surface area (Å²) in [5, 5.41) is 13.8. The largest absolute Gasteiger partial charge is 0.454 e. The number of carbonyl (C=O) groups excluding carboxylic acids is 1. The van der Waals surface area contributed by atoms with E-state index in [1.165, 1.54) is 0 Å². The van der Waals surface area contributed by atoms with Crippen LogP contribution in [0.15, 0.2) is 72.8 Å². The monoisotopic (exact) mass is 402 g/mol. The molecular formula is C23H22N4O3. The third-order valence-electron chi connectivity index (χ3n) is 4.81. The topological polar surface area (TPSA) is 109 Å². The fourth-order valence-corrected chi connectivity index (χ4v) is 3.19. The molecule has 7 heteroatoms. The van der Waals surface area contributed by atoms with E-state index in [0.29, 0.717) is 23.6 Å². The first-order chi connectivity index (χ1) is 14.6. The number of nitrogens with two attached hydrogens (primary N) is 1. The van der Waals surface area contributed by atoms with Crippen LogP contribution in [0.4, 0.5) is 5.69 Å². The van der Waals surface area contributed by atoms with Gasteiger partial charge in [-0.15, -0.1) is 0 Å². The van der Waals surface area contributed by atoms with E-state index in [9.17, 15) is 4.79 Å². The Morgan fingerprint density at radius 2 is 1.73 bits per heavy atom. The molecule has 0 unspecified atom stereocenters. The van der Waals surface area contributed by atoms with Crippen molar-refractivity contribution < 1.29 is 14.3 Å². The van der Waals surface area contributed by atoms with Crippen molar-refractivity contribution in [3.05, 3.63) is 89.5 Å². The molecule has 5 N–H and O–H groups in total. The maximum absolute atomic E-state index is 13.1. The van der Waals surface area contributed by atoms with Gasteiger partial charge < -0.3 is 25.8 Å². The fraction of sp³-hybridized carbons (Fsp3) is 0.130. The number of nitrogen functional groups attached to an aromatic ring is 1. The number of hydrogen-bond donors (Lipinski definition) is 4. The lowest BCUT2D eigenvalue weighted by Crippen LogP contribution is -2.33. The standard InChI is InChI=1S/C23H22N4O3/c24-22(25)16-6-9-18(10-7-16)27-21(17-8-11-19-20(12-17)30-14-29-19)23(28)26-13-15-4-2-1-3-5-15/h1-12,21,27H,13-14H2,(H3,24,25)(H,26,28)/t21-/m1/s1. The second kappa shape index (κ2) is 8.57. The Labute approximate surface area is 174 Å². The van der Waals surface area contributed by atoms with Crippen LogP contribution in [0.2, 0.25) is 0 Å². The van der Waals surface area contributed by atoms with E-state index in [1.807, 2.05) is 42.5 Å². The van der Waals surface area contributed by atoms with Crippen LogP contribution in [0.5, 0.6) is 11.5 Å². The van der Waals surface area contributed by atoms with Crippen LogP contribution in [-0.2, 0) is 11.3 Å². The highest BCUT2D eigenvalue weighted by Gasteiger charge is 2.23. The van der Waals surface area contributed by atoms with Crippen molar-refractivity contribution in [2.75, 3.05) is 12.1 Å². The molecule has 0 aliphatic carbocycles. The highest BCUT2D eigenvalue weighted by atomic mass is 16.7.